The van der Waals surface area contributed by atoms with Gasteiger partial charge in [-0.15, -0.1) is 0 Å². The first-order chi connectivity index (χ1) is 14.9. The molecule has 0 saturated heterocycles. The number of Topliss-reactive ketones (excluding diaryl/α,β-unsaturated/α-hetero) is 1. The van der Waals surface area contributed by atoms with Gasteiger partial charge < -0.3 is 17.1 Å². The number of pyridine rings is 1. The molecule has 2 aromatic rings. The van der Waals surface area contributed by atoms with Gasteiger partial charge in [-0.1, -0.05) is 17.7 Å². The standard InChI is InChI=1S/C26H31N2O3.Y/c1-4-19-12-18(5-6-20(19)15-27)13-24-23(25(30)14-26(24)31)8-7-21-11-16(2)22(9-10-29)17(3)28-21;/h5-6,11-12,23-24,26,29,31H,1,4,7-10,13-14H2,2-3H3;/q-1;/t23-,24-,26?;/m1./s1. The largest absolute Gasteiger partial charge is 0.396 e. The first kappa shape index (κ1) is 26.8. The van der Waals surface area contributed by atoms with Gasteiger partial charge in [-0.25, -0.2) is 0 Å². The Hall–Kier alpha value is -1.45. The summed E-state index contributed by atoms with van der Waals surface area (Å²) in [5.74, 6) is -0.212. The number of aryl methyl sites for hydroxylation is 3. The van der Waals surface area contributed by atoms with Gasteiger partial charge in [-0.05, 0) is 74.3 Å². The van der Waals surface area contributed by atoms with Gasteiger partial charge in [0.2, 0.25) is 0 Å². The number of nitrogens with zero attached hydrogens (tertiary/aromatic N) is 2. The van der Waals surface area contributed by atoms with Crippen molar-refractivity contribution in [1.82, 2.24) is 4.98 Å². The fraction of sp³-hybridized carbons (Fsp3) is 0.462. The molecule has 1 aromatic carbocycles. The van der Waals surface area contributed by atoms with E-state index in [4.69, 9.17) is 0 Å². The zero-order chi connectivity index (χ0) is 22.5. The summed E-state index contributed by atoms with van der Waals surface area (Å²) in [5.41, 5.74) is 6.62. The van der Waals surface area contributed by atoms with E-state index in [0.717, 1.165) is 33.6 Å². The van der Waals surface area contributed by atoms with Gasteiger partial charge in [0.25, 0.3) is 0 Å². The number of ketones is 1. The van der Waals surface area contributed by atoms with E-state index in [9.17, 15) is 20.3 Å². The normalized spacial score (nSPS) is 20.1. The molecule has 0 bridgehead atoms. The summed E-state index contributed by atoms with van der Waals surface area (Å²) in [6.45, 7) is 7.99. The molecule has 1 saturated carbocycles. The predicted molar refractivity (Wildman–Crippen MR) is 119 cm³/mol. The van der Waals surface area contributed by atoms with Gasteiger partial charge in [-0.3, -0.25) is 9.78 Å². The van der Waals surface area contributed by atoms with Gasteiger partial charge in [-0.2, -0.15) is 11.7 Å². The molecule has 1 aromatic heterocycles. The molecule has 0 amide bonds. The first-order valence-corrected chi connectivity index (χ1v) is 11.0. The summed E-state index contributed by atoms with van der Waals surface area (Å²) in [4.78, 5) is 17.3. The van der Waals surface area contributed by atoms with Crippen LogP contribution in [-0.4, -0.2) is 33.7 Å². The monoisotopic (exact) mass is 508 g/mol. The molecule has 1 heterocycles. The number of aliphatic hydroxyl groups is 2. The molecule has 3 atom stereocenters. The van der Waals surface area contributed by atoms with Gasteiger partial charge in [0, 0.05) is 63.0 Å². The summed E-state index contributed by atoms with van der Waals surface area (Å²) >= 11 is 0. The van der Waals surface area contributed by atoms with E-state index in [1.54, 1.807) is 6.07 Å². The molecule has 167 valence electrons. The molecule has 1 fully saturated rings. The van der Waals surface area contributed by atoms with Crippen molar-refractivity contribution in [3.05, 3.63) is 70.4 Å². The van der Waals surface area contributed by atoms with E-state index in [1.807, 2.05) is 32.0 Å². The van der Waals surface area contributed by atoms with Crippen LogP contribution >= 0.6 is 0 Å². The van der Waals surface area contributed by atoms with Crippen LogP contribution in [0.25, 0.3) is 0 Å². The Balaban J connectivity index is 0.00000363. The van der Waals surface area contributed by atoms with Crippen molar-refractivity contribution in [2.24, 2.45) is 11.8 Å². The van der Waals surface area contributed by atoms with E-state index in [0.29, 0.717) is 37.7 Å². The van der Waals surface area contributed by atoms with E-state index >= 15 is 0 Å². The SMILES string of the molecule is [CH2-]Cc1cc(C[C@H]2C(O)CC(=O)[C@@H]2CCc2cc(C)c(CCO)c(C)n2)ccc1C#N.[Y]. The minimum Gasteiger partial charge on any atom is -0.396 e. The number of nitriles is 1. The maximum atomic E-state index is 12.6. The number of carbonyl (C=O) groups is 1. The average molecular weight is 508 g/mol. The van der Waals surface area contributed by atoms with Crippen LogP contribution in [-0.2, 0) is 63.2 Å². The topological polar surface area (TPSA) is 94.2 Å². The van der Waals surface area contributed by atoms with Gasteiger partial charge in [0.15, 0.2) is 0 Å². The van der Waals surface area contributed by atoms with Gasteiger partial charge in [0.1, 0.15) is 5.78 Å². The van der Waals surface area contributed by atoms with Crippen LogP contribution in [0.5, 0.6) is 0 Å². The average Bonchev–Trinajstić information content (AvgIpc) is 3.01. The predicted octanol–water partition coefficient (Wildman–Crippen LogP) is 3.22. The minimum absolute atomic E-state index is 0. The van der Waals surface area contributed by atoms with Crippen molar-refractivity contribution in [2.45, 2.75) is 58.5 Å². The third-order valence-corrected chi connectivity index (χ3v) is 6.55. The Morgan fingerprint density at radius 2 is 2.00 bits per heavy atom. The Morgan fingerprint density at radius 1 is 1.25 bits per heavy atom. The molecular weight excluding hydrogens is 477 g/mol. The number of aliphatic hydroxyl groups excluding tert-OH is 2. The number of hydrogen-bond donors (Lipinski definition) is 2. The number of rotatable bonds is 8. The molecule has 2 N–H and O–H groups in total. The molecule has 3 rings (SSSR count). The fourth-order valence-electron chi connectivity index (χ4n) is 4.89. The van der Waals surface area contributed by atoms with Crippen LogP contribution in [0.2, 0.25) is 0 Å². The van der Waals surface area contributed by atoms with Gasteiger partial charge in [0.05, 0.1) is 17.7 Å². The third kappa shape index (κ3) is 6.11. The Labute approximate surface area is 216 Å². The second-order valence-electron chi connectivity index (χ2n) is 8.57. The van der Waals surface area contributed by atoms with Crippen LogP contribution in [0.1, 0.15) is 52.0 Å². The van der Waals surface area contributed by atoms with Crippen LogP contribution in [0.15, 0.2) is 24.3 Å². The molecule has 0 spiro atoms. The molecule has 0 aliphatic heterocycles. The molecule has 1 aliphatic rings. The maximum absolute atomic E-state index is 12.6. The fourth-order valence-corrected chi connectivity index (χ4v) is 4.89. The van der Waals surface area contributed by atoms with Crippen LogP contribution in [0.3, 0.4) is 0 Å². The quantitative estimate of drug-likeness (QED) is 0.535. The number of hydrogen-bond acceptors (Lipinski definition) is 5. The number of benzene rings is 1. The summed E-state index contributed by atoms with van der Waals surface area (Å²) in [6.07, 6.45) is 2.64. The van der Waals surface area contributed by atoms with Crippen LogP contribution in [0, 0.1) is 43.9 Å². The zero-order valence-corrected chi connectivity index (χ0v) is 21.8. The molecule has 32 heavy (non-hydrogen) atoms. The third-order valence-electron chi connectivity index (χ3n) is 6.55. The molecular formula is C26H31N2O3Y-. The van der Waals surface area contributed by atoms with Crippen molar-refractivity contribution < 1.29 is 47.7 Å². The number of carbonyl (C=O) groups excluding carboxylic acids is 1. The van der Waals surface area contributed by atoms with Crippen LogP contribution in [0.4, 0.5) is 0 Å². The van der Waals surface area contributed by atoms with Crippen molar-refractivity contribution in [2.75, 3.05) is 6.61 Å². The van der Waals surface area contributed by atoms with E-state index in [2.05, 4.69) is 18.0 Å². The first-order valence-electron chi connectivity index (χ1n) is 11.0. The Kier molecular flexibility index (Phi) is 10.2. The summed E-state index contributed by atoms with van der Waals surface area (Å²) in [6, 6.07) is 9.93. The van der Waals surface area contributed by atoms with Crippen molar-refractivity contribution >= 4 is 5.78 Å². The Bertz CT molecular complexity index is 976. The van der Waals surface area contributed by atoms with Crippen molar-refractivity contribution in [1.29, 1.82) is 5.26 Å². The molecule has 1 unspecified atom stereocenters. The molecule has 1 radical (unpaired) electrons. The molecule has 6 heteroatoms. The summed E-state index contributed by atoms with van der Waals surface area (Å²) in [5, 5.41) is 29.0. The summed E-state index contributed by atoms with van der Waals surface area (Å²) in [7, 11) is 0. The smallest absolute Gasteiger partial charge is 0.138 e. The van der Waals surface area contributed by atoms with Crippen molar-refractivity contribution in [3.8, 4) is 6.07 Å². The van der Waals surface area contributed by atoms with Crippen molar-refractivity contribution in [3.63, 3.8) is 0 Å². The van der Waals surface area contributed by atoms with E-state index < -0.39 is 6.10 Å². The zero-order valence-electron chi connectivity index (χ0n) is 19.0. The maximum Gasteiger partial charge on any atom is 0.138 e. The number of aromatic nitrogens is 1. The second-order valence-corrected chi connectivity index (χ2v) is 8.57. The Morgan fingerprint density at radius 3 is 2.62 bits per heavy atom. The minimum atomic E-state index is -0.639. The second kappa shape index (κ2) is 12.1. The van der Waals surface area contributed by atoms with Crippen LogP contribution < -0.4 is 0 Å². The van der Waals surface area contributed by atoms with E-state index in [-0.39, 0.29) is 63.4 Å². The van der Waals surface area contributed by atoms with E-state index in [1.165, 1.54) is 0 Å². The van der Waals surface area contributed by atoms with Gasteiger partial charge >= 0.3 is 0 Å². The molecule has 5 nitrogen and oxygen atoms in total. The molecule has 1 aliphatic carbocycles. The summed E-state index contributed by atoms with van der Waals surface area (Å²) < 4.78 is 0.